The molecule has 5 heteroatoms. The molecule has 0 heterocycles. The summed E-state index contributed by atoms with van der Waals surface area (Å²) < 4.78 is 5.53. The number of carbonyl (C=O) groups is 1. The minimum absolute atomic E-state index is 0.000817. The fourth-order valence-electron chi connectivity index (χ4n) is 2.00. The first-order valence-electron chi connectivity index (χ1n) is 7.37. The topological polar surface area (TPSA) is 41.6 Å². The Bertz CT molecular complexity index is 501. The average Bonchev–Trinajstić information content (AvgIpc) is 3.27. The van der Waals surface area contributed by atoms with E-state index in [-0.39, 0.29) is 12.5 Å². The molecule has 1 amide bonds. The smallest absolute Gasteiger partial charge is 0.260 e. The van der Waals surface area contributed by atoms with Gasteiger partial charge in [-0.15, -0.1) is 0 Å². The van der Waals surface area contributed by atoms with E-state index in [1.807, 2.05) is 25.2 Å². The van der Waals surface area contributed by atoms with Gasteiger partial charge in [-0.25, -0.2) is 0 Å². The molecule has 1 aromatic carbocycles. The molecule has 0 aromatic heterocycles. The van der Waals surface area contributed by atoms with Crippen LogP contribution >= 0.6 is 11.6 Å². The number of hydrogen-bond donors (Lipinski definition) is 1. The quantitative estimate of drug-likeness (QED) is 0.842. The van der Waals surface area contributed by atoms with Gasteiger partial charge in [-0.1, -0.05) is 31.5 Å². The zero-order chi connectivity index (χ0) is 15.4. The van der Waals surface area contributed by atoms with Crippen molar-refractivity contribution in [1.82, 2.24) is 10.2 Å². The Morgan fingerprint density at radius 2 is 2.19 bits per heavy atom. The molecule has 21 heavy (non-hydrogen) atoms. The number of amides is 1. The maximum absolute atomic E-state index is 11.9. The van der Waals surface area contributed by atoms with E-state index < -0.39 is 0 Å². The third kappa shape index (κ3) is 4.90. The van der Waals surface area contributed by atoms with Crippen LogP contribution in [0, 0.1) is 0 Å². The van der Waals surface area contributed by atoms with E-state index in [0.29, 0.717) is 22.9 Å². The van der Waals surface area contributed by atoms with Crippen molar-refractivity contribution in [2.24, 2.45) is 0 Å². The minimum Gasteiger partial charge on any atom is -0.482 e. The van der Waals surface area contributed by atoms with Gasteiger partial charge in [0, 0.05) is 25.7 Å². The van der Waals surface area contributed by atoms with E-state index in [1.165, 1.54) is 0 Å². The second kappa shape index (κ2) is 7.14. The van der Waals surface area contributed by atoms with Gasteiger partial charge in [-0.05, 0) is 30.5 Å². The molecular weight excluding hydrogens is 288 g/mol. The third-order valence-corrected chi connectivity index (χ3v) is 3.85. The lowest BCUT2D eigenvalue weighted by Gasteiger charge is -2.17. The highest BCUT2D eigenvalue weighted by atomic mass is 35.5. The lowest BCUT2D eigenvalue weighted by atomic mass is 10.2. The van der Waals surface area contributed by atoms with Gasteiger partial charge < -0.3 is 15.0 Å². The lowest BCUT2D eigenvalue weighted by Crippen LogP contribution is -2.33. The summed E-state index contributed by atoms with van der Waals surface area (Å²) in [6, 6.07) is 6.49. The van der Waals surface area contributed by atoms with Gasteiger partial charge in [-0.3, -0.25) is 4.79 Å². The van der Waals surface area contributed by atoms with E-state index in [4.69, 9.17) is 16.3 Å². The molecule has 0 spiro atoms. The van der Waals surface area contributed by atoms with Crippen LogP contribution in [0.25, 0.3) is 0 Å². The Morgan fingerprint density at radius 1 is 1.48 bits per heavy atom. The SMILES string of the molecule is CC(C)NCc1ccc(OCC(=O)N(C)C2CC2)c(Cl)c1. The molecule has 0 radical (unpaired) electrons. The molecule has 1 aliphatic carbocycles. The number of likely N-dealkylation sites (N-methyl/N-ethyl adjacent to an activating group) is 1. The molecule has 116 valence electrons. The Kier molecular flexibility index (Phi) is 5.48. The summed E-state index contributed by atoms with van der Waals surface area (Å²) in [5, 5.41) is 3.87. The van der Waals surface area contributed by atoms with Gasteiger partial charge in [-0.2, -0.15) is 0 Å². The second-order valence-electron chi connectivity index (χ2n) is 5.82. The van der Waals surface area contributed by atoms with Crippen LogP contribution < -0.4 is 10.1 Å². The largest absolute Gasteiger partial charge is 0.482 e. The number of ether oxygens (including phenoxy) is 1. The second-order valence-corrected chi connectivity index (χ2v) is 6.23. The minimum atomic E-state index is -0.000817. The maximum atomic E-state index is 11.9. The highest BCUT2D eigenvalue weighted by Crippen LogP contribution is 2.27. The highest BCUT2D eigenvalue weighted by molar-refractivity contribution is 6.32. The summed E-state index contributed by atoms with van der Waals surface area (Å²) >= 11 is 6.20. The molecule has 0 saturated heterocycles. The molecule has 0 bridgehead atoms. The summed E-state index contributed by atoms with van der Waals surface area (Å²) in [5.41, 5.74) is 1.10. The Labute approximate surface area is 131 Å². The first kappa shape index (κ1) is 16.1. The van der Waals surface area contributed by atoms with E-state index in [9.17, 15) is 4.79 Å². The molecule has 0 atom stereocenters. The first-order valence-corrected chi connectivity index (χ1v) is 7.75. The van der Waals surface area contributed by atoms with Crippen molar-refractivity contribution in [3.8, 4) is 5.75 Å². The highest BCUT2D eigenvalue weighted by Gasteiger charge is 2.29. The van der Waals surface area contributed by atoms with Crippen molar-refractivity contribution in [3.63, 3.8) is 0 Å². The molecule has 1 saturated carbocycles. The Morgan fingerprint density at radius 3 is 2.76 bits per heavy atom. The molecule has 2 rings (SSSR count). The predicted molar refractivity (Wildman–Crippen MR) is 84.7 cm³/mol. The van der Waals surface area contributed by atoms with Crippen molar-refractivity contribution < 1.29 is 9.53 Å². The summed E-state index contributed by atoms with van der Waals surface area (Å²) in [6.07, 6.45) is 2.20. The zero-order valence-electron chi connectivity index (χ0n) is 12.9. The summed E-state index contributed by atoms with van der Waals surface area (Å²) in [6.45, 7) is 5.00. The molecule has 1 fully saturated rings. The number of rotatable bonds is 7. The van der Waals surface area contributed by atoms with Crippen LogP contribution in [0.15, 0.2) is 18.2 Å². The molecular formula is C16H23ClN2O2. The van der Waals surface area contributed by atoms with Gasteiger partial charge in [0.05, 0.1) is 5.02 Å². The number of halogens is 1. The Hall–Kier alpha value is -1.26. The fraction of sp³-hybridized carbons (Fsp3) is 0.562. The van der Waals surface area contributed by atoms with Crippen LogP contribution in [-0.2, 0) is 11.3 Å². The van der Waals surface area contributed by atoms with Crippen molar-refractivity contribution in [1.29, 1.82) is 0 Å². The van der Waals surface area contributed by atoms with Gasteiger partial charge in [0.1, 0.15) is 5.75 Å². The van der Waals surface area contributed by atoms with Gasteiger partial charge in [0.25, 0.3) is 5.91 Å². The zero-order valence-corrected chi connectivity index (χ0v) is 13.6. The average molecular weight is 311 g/mol. The number of nitrogens with one attached hydrogen (secondary N) is 1. The summed E-state index contributed by atoms with van der Waals surface area (Å²) in [4.78, 5) is 13.7. The van der Waals surface area contributed by atoms with Crippen LogP contribution in [0.1, 0.15) is 32.3 Å². The van der Waals surface area contributed by atoms with E-state index in [1.54, 1.807) is 4.90 Å². The lowest BCUT2D eigenvalue weighted by molar-refractivity contribution is -0.132. The number of carbonyl (C=O) groups excluding carboxylic acids is 1. The molecule has 0 aliphatic heterocycles. The van der Waals surface area contributed by atoms with Crippen LogP contribution in [0.2, 0.25) is 5.02 Å². The van der Waals surface area contributed by atoms with E-state index in [0.717, 1.165) is 24.9 Å². The molecule has 1 N–H and O–H groups in total. The van der Waals surface area contributed by atoms with Crippen molar-refractivity contribution in [2.75, 3.05) is 13.7 Å². The monoisotopic (exact) mass is 310 g/mol. The standard InChI is InChI=1S/C16H23ClN2O2/c1-11(2)18-9-12-4-7-15(14(17)8-12)21-10-16(20)19(3)13-5-6-13/h4,7-8,11,13,18H,5-6,9-10H2,1-3H3. The summed E-state index contributed by atoms with van der Waals surface area (Å²) in [7, 11) is 1.83. The van der Waals surface area contributed by atoms with Crippen LogP contribution in [-0.4, -0.2) is 36.5 Å². The van der Waals surface area contributed by atoms with E-state index in [2.05, 4.69) is 19.2 Å². The third-order valence-electron chi connectivity index (χ3n) is 3.55. The molecule has 1 aromatic rings. The van der Waals surface area contributed by atoms with Crippen LogP contribution in [0.5, 0.6) is 5.75 Å². The number of benzene rings is 1. The first-order chi connectivity index (χ1) is 9.97. The Balaban J connectivity index is 1.86. The number of nitrogens with zero attached hydrogens (tertiary/aromatic N) is 1. The van der Waals surface area contributed by atoms with Gasteiger partial charge in [0.2, 0.25) is 0 Å². The summed E-state index contributed by atoms with van der Waals surface area (Å²) in [5.74, 6) is 0.557. The van der Waals surface area contributed by atoms with Crippen LogP contribution in [0.4, 0.5) is 0 Å². The fourth-order valence-corrected chi connectivity index (χ4v) is 2.26. The van der Waals surface area contributed by atoms with Gasteiger partial charge in [0.15, 0.2) is 6.61 Å². The van der Waals surface area contributed by atoms with Crippen molar-refractivity contribution in [3.05, 3.63) is 28.8 Å². The molecule has 1 aliphatic rings. The van der Waals surface area contributed by atoms with Crippen molar-refractivity contribution in [2.45, 2.75) is 45.3 Å². The van der Waals surface area contributed by atoms with E-state index >= 15 is 0 Å². The maximum Gasteiger partial charge on any atom is 0.260 e. The molecule has 0 unspecified atom stereocenters. The van der Waals surface area contributed by atoms with Crippen LogP contribution in [0.3, 0.4) is 0 Å². The van der Waals surface area contributed by atoms with Gasteiger partial charge >= 0.3 is 0 Å². The number of hydrogen-bond acceptors (Lipinski definition) is 3. The molecule has 4 nitrogen and oxygen atoms in total. The van der Waals surface area contributed by atoms with Crippen molar-refractivity contribution >= 4 is 17.5 Å². The predicted octanol–water partition coefficient (Wildman–Crippen LogP) is 2.84. The normalized spacial score (nSPS) is 14.3.